The zero-order chi connectivity index (χ0) is 11.6. The molecular formula is C13H23N3. The first kappa shape index (κ1) is 11.9. The number of nitrogens with one attached hydrogen (secondary N) is 1. The van der Waals surface area contributed by atoms with Gasteiger partial charge < -0.3 is 0 Å². The van der Waals surface area contributed by atoms with Gasteiger partial charge in [-0.25, -0.2) is 0 Å². The van der Waals surface area contributed by atoms with Gasteiger partial charge in [0.15, 0.2) is 0 Å². The van der Waals surface area contributed by atoms with Crippen molar-refractivity contribution in [2.75, 3.05) is 13.1 Å². The molecule has 0 bridgehead atoms. The fraction of sp³-hybridized carbons (Fsp3) is 0.923. The summed E-state index contributed by atoms with van der Waals surface area (Å²) in [6, 6.07) is 3.78. The van der Waals surface area contributed by atoms with E-state index in [-0.39, 0.29) is 5.54 Å². The molecule has 0 spiro atoms. The highest BCUT2D eigenvalue weighted by atomic mass is 15.2. The van der Waals surface area contributed by atoms with Crippen LogP contribution in [0.25, 0.3) is 0 Å². The van der Waals surface area contributed by atoms with Crippen LogP contribution >= 0.6 is 0 Å². The number of likely N-dealkylation sites (tertiary alicyclic amines) is 1. The minimum atomic E-state index is -0.348. The number of rotatable bonds is 5. The summed E-state index contributed by atoms with van der Waals surface area (Å²) < 4.78 is 0. The van der Waals surface area contributed by atoms with Crippen LogP contribution in [-0.4, -0.2) is 35.6 Å². The van der Waals surface area contributed by atoms with E-state index in [0.717, 1.165) is 6.54 Å². The summed E-state index contributed by atoms with van der Waals surface area (Å²) in [5.74, 6) is 0. The first-order chi connectivity index (χ1) is 7.67. The molecule has 1 saturated carbocycles. The lowest BCUT2D eigenvalue weighted by Crippen LogP contribution is -2.52. The number of nitrogens with zero attached hydrogens (tertiary/aromatic N) is 2. The van der Waals surface area contributed by atoms with Crippen molar-refractivity contribution in [3.8, 4) is 6.07 Å². The summed E-state index contributed by atoms with van der Waals surface area (Å²) in [5, 5.41) is 12.8. The van der Waals surface area contributed by atoms with E-state index in [1.54, 1.807) is 0 Å². The molecule has 0 aromatic rings. The minimum Gasteiger partial charge on any atom is -0.298 e. The maximum atomic E-state index is 9.34. The molecule has 0 aromatic heterocycles. The molecule has 1 heterocycles. The van der Waals surface area contributed by atoms with Crippen LogP contribution in [0.5, 0.6) is 0 Å². The average Bonchev–Trinajstić information content (AvgIpc) is 2.96. The predicted octanol–water partition coefficient (Wildman–Crippen LogP) is 1.90. The summed E-state index contributed by atoms with van der Waals surface area (Å²) in [5.41, 5.74) is -0.348. The highest BCUT2D eigenvalue weighted by molar-refractivity contribution is 5.09. The molecule has 16 heavy (non-hydrogen) atoms. The van der Waals surface area contributed by atoms with Gasteiger partial charge in [-0.3, -0.25) is 10.2 Å². The molecule has 90 valence electrons. The molecule has 0 radical (unpaired) electrons. The molecular weight excluding hydrogens is 198 g/mol. The van der Waals surface area contributed by atoms with Gasteiger partial charge in [0.25, 0.3) is 0 Å². The lowest BCUT2D eigenvalue weighted by atomic mass is 10.0. The third kappa shape index (κ3) is 2.75. The lowest BCUT2D eigenvalue weighted by molar-refractivity contribution is 0.199. The Hall–Kier alpha value is -0.590. The Morgan fingerprint density at radius 2 is 2.19 bits per heavy atom. The molecule has 3 heteroatoms. The summed E-state index contributed by atoms with van der Waals surface area (Å²) in [6.45, 7) is 6.36. The molecule has 0 amide bonds. The average molecular weight is 221 g/mol. The minimum absolute atomic E-state index is 0.348. The maximum Gasteiger partial charge on any atom is 0.116 e. The van der Waals surface area contributed by atoms with Crippen LogP contribution in [0.2, 0.25) is 0 Å². The van der Waals surface area contributed by atoms with Gasteiger partial charge in [0.05, 0.1) is 6.07 Å². The standard InChI is InChI=1S/C13H23N3/c1-3-12-5-4-8-16(12)10-13(2,9-14)15-11-6-7-11/h11-12,15H,3-8,10H2,1-2H3. The van der Waals surface area contributed by atoms with Gasteiger partial charge in [-0.05, 0) is 45.6 Å². The smallest absolute Gasteiger partial charge is 0.116 e. The molecule has 0 aromatic carbocycles. The van der Waals surface area contributed by atoms with Gasteiger partial charge in [-0.15, -0.1) is 0 Å². The summed E-state index contributed by atoms with van der Waals surface area (Å²) >= 11 is 0. The zero-order valence-electron chi connectivity index (χ0n) is 10.5. The van der Waals surface area contributed by atoms with Gasteiger partial charge >= 0.3 is 0 Å². The molecule has 2 unspecified atom stereocenters. The fourth-order valence-corrected chi connectivity index (χ4v) is 2.76. The van der Waals surface area contributed by atoms with Crippen LogP contribution in [0.3, 0.4) is 0 Å². The maximum absolute atomic E-state index is 9.34. The molecule has 2 atom stereocenters. The monoisotopic (exact) mass is 221 g/mol. The van der Waals surface area contributed by atoms with E-state index < -0.39 is 0 Å². The molecule has 1 N–H and O–H groups in total. The third-order valence-corrected chi connectivity index (χ3v) is 3.84. The number of nitriles is 1. The molecule has 2 fully saturated rings. The predicted molar refractivity (Wildman–Crippen MR) is 65.1 cm³/mol. The van der Waals surface area contributed by atoms with E-state index in [2.05, 4.69) is 30.1 Å². The normalized spacial score (nSPS) is 29.9. The van der Waals surface area contributed by atoms with Gasteiger partial charge in [0.2, 0.25) is 0 Å². The van der Waals surface area contributed by atoms with Crippen molar-refractivity contribution in [1.82, 2.24) is 10.2 Å². The Morgan fingerprint density at radius 3 is 2.75 bits per heavy atom. The van der Waals surface area contributed by atoms with E-state index in [9.17, 15) is 5.26 Å². The largest absolute Gasteiger partial charge is 0.298 e. The molecule has 2 rings (SSSR count). The van der Waals surface area contributed by atoms with E-state index >= 15 is 0 Å². The SMILES string of the molecule is CCC1CCCN1CC(C)(C#N)NC1CC1. The second-order valence-electron chi connectivity index (χ2n) is 5.54. The van der Waals surface area contributed by atoms with Crippen LogP contribution in [0.1, 0.15) is 46.0 Å². The van der Waals surface area contributed by atoms with Crippen molar-refractivity contribution in [3.63, 3.8) is 0 Å². The van der Waals surface area contributed by atoms with Crippen LogP contribution in [-0.2, 0) is 0 Å². The second-order valence-corrected chi connectivity index (χ2v) is 5.54. The van der Waals surface area contributed by atoms with Gasteiger partial charge in [0, 0.05) is 18.6 Å². The Bertz CT molecular complexity index is 279. The number of hydrogen-bond acceptors (Lipinski definition) is 3. The summed E-state index contributed by atoms with van der Waals surface area (Å²) in [7, 11) is 0. The number of hydrogen-bond donors (Lipinski definition) is 1. The Morgan fingerprint density at radius 1 is 1.44 bits per heavy atom. The molecule has 1 aliphatic heterocycles. The van der Waals surface area contributed by atoms with Gasteiger partial charge in [-0.2, -0.15) is 5.26 Å². The Balaban J connectivity index is 1.92. The van der Waals surface area contributed by atoms with Crippen molar-refractivity contribution in [3.05, 3.63) is 0 Å². The van der Waals surface area contributed by atoms with Crippen molar-refractivity contribution >= 4 is 0 Å². The lowest BCUT2D eigenvalue weighted by Gasteiger charge is -2.32. The Kier molecular flexibility index (Phi) is 3.51. The molecule has 2 aliphatic rings. The van der Waals surface area contributed by atoms with Gasteiger partial charge in [0.1, 0.15) is 5.54 Å². The van der Waals surface area contributed by atoms with Crippen molar-refractivity contribution in [2.24, 2.45) is 0 Å². The van der Waals surface area contributed by atoms with E-state index in [4.69, 9.17) is 0 Å². The van der Waals surface area contributed by atoms with Crippen molar-refractivity contribution in [1.29, 1.82) is 5.26 Å². The molecule has 1 aliphatic carbocycles. The first-order valence-electron chi connectivity index (χ1n) is 6.60. The summed E-state index contributed by atoms with van der Waals surface area (Å²) in [6.07, 6.45) is 6.30. The molecule has 1 saturated heterocycles. The van der Waals surface area contributed by atoms with Crippen LogP contribution in [0.15, 0.2) is 0 Å². The van der Waals surface area contributed by atoms with Gasteiger partial charge in [-0.1, -0.05) is 6.92 Å². The van der Waals surface area contributed by atoms with E-state index in [1.807, 2.05) is 0 Å². The Labute approximate surface area is 98.8 Å². The van der Waals surface area contributed by atoms with Crippen molar-refractivity contribution < 1.29 is 0 Å². The third-order valence-electron chi connectivity index (χ3n) is 3.84. The summed E-state index contributed by atoms with van der Waals surface area (Å²) in [4.78, 5) is 2.50. The first-order valence-corrected chi connectivity index (χ1v) is 6.60. The van der Waals surface area contributed by atoms with E-state index in [1.165, 1.54) is 38.6 Å². The highest BCUT2D eigenvalue weighted by Gasteiger charge is 2.36. The second kappa shape index (κ2) is 4.73. The quantitative estimate of drug-likeness (QED) is 0.770. The van der Waals surface area contributed by atoms with Crippen LogP contribution in [0.4, 0.5) is 0 Å². The highest BCUT2D eigenvalue weighted by Crippen LogP contribution is 2.26. The van der Waals surface area contributed by atoms with Crippen LogP contribution < -0.4 is 5.32 Å². The topological polar surface area (TPSA) is 39.1 Å². The van der Waals surface area contributed by atoms with E-state index in [0.29, 0.717) is 12.1 Å². The molecule has 3 nitrogen and oxygen atoms in total. The fourth-order valence-electron chi connectivity index (χ4n) is 2.76. The zero-order valence-corrected chi connectivity index (χ0v) is 10.5. The van der Waals surface area contributed by atoms with Crippen molar-refractivity contribution in [2.45, 2.75) is 63.6 Å². The van der Waals surface area contributed by atoms with Crippen LogP contribution in [0, 0.1) is 11.3 Å².